The molecule has 0 aliphatic heterocycles. The summed E-state index contributed by atoms with van der Waals surface area (Å²) in [7, 11) is 0. The monoisotopic (exact) mass is 255 g/mol. The smallest absolute Gasteiger partial charge is 0.0346 e. The van der Waals surface area contributed by atoms with Crippen molar-refractivity contribution in [2.45, 2.75) is 58.3 Å². The Morgan fingerprint density at radius 3 is 2.58 bits per heavy atom. The van der Waals surface area contributed by atoms with Crippen molar-refractivity contribution >= 4 is 10.8 Å². The Labute approximate surface area is 117 Å². The second kappa shape index (κ2) is 7.28. The van der Waals surface area contributed by atoms with E-state index in [2.05, 4.69) is 49.3 Å². The molecule has 0 bridgehead atoms. The largest absolute Gasteiger partial charge is 0.264 e. The van der Waals surface area contributed by atoms with Gasteiger partial charge in [0.25, 0.3) is 0 Å². The average Bonchev–Trinajstić information content (AvgIpc) is 2.46. The van der Waals surface area contributed by atoms with Crippen molar-refractivity contribution in [3.8, 4) is 0 Å². The van der Waals surface area contributed by atoms with Gasteiger partial charge in [-0.1, -0.05) is 63.8 Å². The maximum atomic E-state index is 4.44. The Kier molecular flexibility index (Phi) is 5.38. The van der Waals surface area contributed by atoms with E-state index in [9.17, 15) is 0 Å². The highest BCUT2D eigenvalue weighted by molar-refractivity contribution is 5.85. The van der Waals surface area contributed by atoms with E-state index in [1.54, 1.807) is 0 Å². The van der Waals surface area contributed by atoms with Gasteiger partial charge in [0.15, 0.2) is 0 Å². The third-order valence-corrected chi connectivity index (χ3v) is 3.93. The fourth-order valence-electron chi connectivity index (χ4n) is 2.91. The molecule has 102 valence electrons. The predicted octanol–water partition coefficient (Wildman–Crippen LogP) is 5.70. The zero-order valence-electron chi connectivity index (χ0n) is 12.2. The van der Waals surface area contributed by atoms with Crippen LogP contribution in [0.3, 0.4) is 0 Å². The van der Waals surface area contributed by atoms with Gasteiger partial charge >= 0.3 is 0 Å². The Hall–Kier alpha value is -1.37. The fraction of sp³-hybridized carbons (Fsp3) is 0.500. The lowest BCUT2D eigenvalue weighted by molar-refractivity contribution is 0.530. The number of unbranched alkanes of at least 4 members (excludes halogenated alkanes) is 2. The molecule has 0 aliphatic carbocycles. The predicted molar refractivity (Wildman–Crippen MR) is 83.5 cm³/mol. The lowest BCUT2D eigenvalue weighted by atomic mass is 9.88. The topological polar surface area (TPSA) is 12.9 Å². The minimum Gasteiger partial charge on any atom is -0.264 e. The van der Waals surface area contributed by atoms with E-state index in [-0.39, 0.29) is 0 Å². The third-order valence-electron chi connectivity index (χ3n) is 3.93. The van der Waals surface area contributed by atoms with Crippen LogP contribution in [-0.4, -0.2) is 4.98 Å². The van der Waals surface area contributed by atoms with Crippen LogP contribution in [0.1, 0.15) is 63.9 Å². The van der Waals surface area contributed by atoms with Gasteiger partial charge in [-0.2, -0.15) is 0 Å². The summed E-state index contributed by atoms with van der Waals surface area (Å²) < 4.78 is 0. The molecule has 0 N–H and O–H groups in total. The lowest BCUT2D eigenvalue weighted by Crippen LogP contribution is -2.01. The van der Waals surface area contributed by atoms with Gasteiger partial charge in [-0.25, -0.2) is 0 Å². The first-order chi connectivity index (χ1) is 9.36. The van der Waals surface area contributed by atoms with Crippen LogP contribution in [-0.2, 0) is 0 Å². The van der Waals surface area contributed by atoms with Gasteiger partial charge in [-0.3, -0.25) is 4.98 Å². The Balaban J connectivity index is 2.27. The molecule has 0 spiro atoms. The minimum atomic E-state index is 0.676. The molecule has 1 aromatic heterocycles. The van der Waals surface area contributed by atoms with Gasteiger partial charge in [0.05, 0.1) is 0 Å². The first-order valence-electron chi connectivity index (χ1n) is 7.69. The number of pyridine rings is 1. The highest BCUT2D eigenvalue weighted by Gasteiger charge is 2.13. The molecule has 1 atom stereocenters. The maximum absolute atomic E-state index is 4.44. The second-order valence-corrected chi connectivity index (χ2v) is 5.43. The number of aromatic nitrogens is 1. The van der Waals surface area contributed by atoms with E-state index in [1.807, 2.05) is 6.20 Å². The summed E-state index contributed by atoms with van der Waals surface area (Å²) in [5, 5.41) is 2.67. The molecule has 1 heteroatoms. The molecule has 0 saturated carbocycles. The van der Waals surface area contributed by atoms with Gasteiger partial charge in [0, 0.05) is 17.8 Å². The number of rotatable bonds is 7. The Morgan fingerprint density at radius 2 is 1.79 bits per heavy atom. The molecule has 1 unspecified atom stereocenters. The van der Waals surface area contributed by atoms with Crippen molar-refractivity contribution < 1.29 is 0 Å². The number of benzene rings is 1. The molecular formula is C18H25N. The van der Waals surface area contributed by atoms with Crippen LogP contribution < -0.4 is 0 Å². The highest BCUT2D eigenvalue weighted by atomic mass is 14.6. The lowest BCUT2D eigenvalue weighted by Gasteiger charge is -2.18. The van der Waals surface area contributed by atoms with E-state index >= 15 is 0 Å². The molecule has 0 aliphatic rings. The summed E-state index contributed by atoms with van der Waals surface area (Å²) in [5.41, 5.74) is 1.45. The molecule has 0 amide bonds. The number of hydrogen-bond acceptors (Lipinski definition) is 1. The molecule has 0 saturated heterocycles. The van der Waals surface area contributed by atoms with Crippen molar-refractivity contribution in [3.63, 3.8) is 0 Å². The zero-order chi connectivity index (χ0) is 13.5. The molecule has 1 nitrogen and oxygen atoms in total. The van der Waals surface area contributed by atoms with Gasteiger partial charge in [0.2, 0.25) is 0 Å². The van der Waals surface area contributed by atoms with Gasteiger partial charge in [0.1, 0.15) is 0 Å². The van der Waals surface area contributed by atoms with Crippen LogP contribution >= 0.6 is 0 Å². The van der Waals surface area contributed by atoms with Crippen molar-refractivity contribution in [3.05, 3.63) is 42.2 Å². The van der Waals surface area contributed by atoms with Crippen LogP contribution in [0.25, 0.3) is 10.8 Å². The second-order valence-electron chi connectivity index (χ2n) is 5.43. The standard InChI is InChI=1S/C18H25N/c1-3-5-6-10-15(9-4-2)18-14-19-13-16-11-7-8-12-17(16)18/h7-8,11-15H,3-6,9-10H2,1-2H3. The number of nitrogens with zero attached hydrogens (tertiary/aromatic N) is 1. The molecule has 0 fully saturated rings. The summed E-state index contributed by atoms with van der Waals surface area (Å²) in [4.78, 5) is 4.44. The van der Waals surface area contributed by atoms with E-state index in [0.29, 0.717) is 5.92 Å². The average molecular weight is 255 g/mol. The van der Waals surface area contributed by atoms with Crippen molar-refractivity contribution in [1.82, 2.24) is 4.98 Å². The SMILES string of the molecule is CCCCCC(CCC)c1cncc2ccccc12. The molecule has 2 rings (SSSR count). The Morgan fingerprint density at radius 1 is 0.947 bits per heavy atom. The normalized spacial score (nSPS) is 12.7. The van der Waals surface area contributed by atoms with E-state index in [1.165, 1.54) is 54.9 Å². The van der Waals surface area contributed by atoms with E-state index in [4.69, 9.17) is 0 Å². The molecular weight excluding hydrogens is 230 g/mol. The molecule has 0 radical (unpaired) electrons. The number of fused-ring (bicyclic) bond motifs is 1. The molecule has 1 aromatic carbocycles. The van der Waals surface area contributed by atoms with E-state index in [0.717, 1.165) is 0 Å². The number of hydrogen-bond donors (Lipinski definition) is 0. The van der Waals surface area contributed by atoms with Crippen LogP contribution in [0.15, 0.2) is 36.7 Å². The summed E-state index contributed by atoms with van der Waals surface area (Å²) in [6, 6.07) is 8.65. The van der Waals surface area contributed by atoms with Crippen molar-refractivity contribution in [2.24, 2.45) is 0 Å². The molecule has 19 heavy (non-hydrogen) atoms. The summed E-state index contributed by atoms with van der Waals surface area (Å²) in [5.74, 6) is 0.676. The fourth-order valence-corrected chi connectivity index (χ4v) is 2.91. The zero-order valence-corrected chi connectivity index (χ0v) is 12.2. The summed E-state index contributed by atoms with van der Waals surface area (Å²) >= 11 is 0. The summed E-state index contributed by atoms with van der Waals surface area (Å²) in [6.07, 6.45) is 11.9. The van der Waals surface area contributed by atoms with E-state index < -0.39 is 0 Å². The van der Waals surface area contributed by atoms with Gasteiger partial charge in [-0.05, 0) is 29.7 Å². The van der Waals surface area contributed by atoms with Gasteiger partial charge < -0.3 is 0 Å². The van der Waals surface area contributed by atoms with Crippen molar-refractivity contribution in [2.75, 3.05) is 0 Å². The van der Waals surface area contributed by atoms with Crippen LogP contribution in [0.5, 0.6) is 0 Å². The van der Waals surface area contributed by atoms with Gasteiger partial charge in [-0.15, -0.1) is 0 Å². The quantitative estimate of drug-likeness (QED) is 0.578. The Bertz CT molecular complexity index is 499. The first-order valence-corrected chi connectivity index (χ1v) is 7.69. The minimum absolute atomic E-state index is 0.676. The van der Waals surface area contributed by atoms with Crippen LogP contribution in [0, 0.1) is 0 Å². The van der Waals surface area contributed by atoms with Crippen LogP contribution in [0.4, 0.5) is 0 Å². The third kappa shape index (κ3) is 3.56. The molecule has 2 aromatic rings. The maximum Gasteiger partial charge on any atom is 0.0346 e. The molecule has 1 heterocycles. The summed E-state index contributed by atoms with van der Waals surface area (Å²) in [6.45, 7) is 4.56. The van der Waals surface area contributed by atoms with Crippen LogP contribution in [0.2, 0.25) is 0 Å². The van der Waals surface area contributed by atoms with Crippen molar-refractivity contribution in [1.29, 1.82) is 0 Å². The first kappa shape index (κ1) is 14.0. The highest BCUT2D eigenvalue weighted by Crippen LogP contribution is 2.31.